The van der Waals surface area contributed by atoms with Crippen LogP contribution < -0.4 is 4.74 Å². The Kier molecular flexibility index (Phi) is 5.35. The molecule has 2 aromatic carbocycles. The van der Waals surface area contributed by atoms with E-state index in [4.69, 9.17) is 14.7 Å². The molecule has 2 heterocycles. The first-order valence-electron chi connectivity index (χ1n) is 7.95. The molecule has 0 bridgehead atoms. The van der Waals surface area contributed by atoms with Gasteiger partial charge in [-0.3, -0.25) is 0 Å². The van der Waals surface area contributed by atoms with E-state index in [0.29, 0.717) is 0 Å². The normalized spacial score (nSPS) is 10.5. The molecule has 0 amide bonds. The summed E-state index contributed by atoms with van der Waals surface area (Å²) in [7, 11) is 1.66. The largest absolute Gasteiger partial charge is 0.497 e. The topological polar surface area (TPSA) is 71.4 Å². The van der Waals surface area contributed by atoms with Crippen LogP contribution in [0.4, 0.5) is 0 Å². The van der Waals surface area contributed by atoms with E-state index in [-0.39, 0.29) is 5.48 Å². The zero-order chi connectivity index (χ0) is 17.2. The Labute approximate surface area is 160 Å². The van der Waals surface area contributed by atoms with Crippen LogP contribution >= 0.6 is 15.9 Å². The molecule has 0 aromatic heterocycles. The molecule has 6 heteroatoms. The van der Waals surface area contributed by atoms with Gasteiger partial charge < -0.3 is 14.8 Å². The highest BCUT2D eigenvalue weighted by molar-refractivity contribution is 9.10. The molecule has 0 unspecified atom stereocenters. The fraction of sp³-hybridized carbons (Fsp3) is 0.100. The van der Waals surface area contributed by atoms with Crippen molar-refractivity contribution in [2.75, 3.05) is 7.11 Å². The van der Waals surface area contributed by atoms with Crippen LogP contribution in [-0.4, -0.2) is 27.1 Å². The van der Waals surface area contributed by atoms with Crippen molar-refractivity contribution in [2.24, 2.45) is 0 Å². The summed E-state index contributed by atoms with van der Waals surface area (Å²) < 4.78 is 8.32. The van der Waals surface area contributed by atoms with Gasteiger partial charge in [0.15, 0.2) is 11.6 Å². The molecule has 2 aliphatic rings. The maximum absolute atomic E-state index is 5.21. The molecule has 5 nitrogen and oxygen atoms in total. The highest BCUT2D eigenvalue weighted by atomic mass is 79.9. The third-order valence-corrected chi connectivity index (χ3v) is 4.47. The van der Waals surface area contributed by atoms with Gasteiger partial charge in [-0.25, -0.2) is 9.97 Å². The van der Waals surface area contributed by atoms with Crippen molar-refractivity contribution in [3.8, 4) is 28.7 Å². The Hall–Kier alpha value is -2.70. The number of ether oxygens (including phenoxy) is 1. The van der Waals surface area contributed by atoms with E-state index in [9.17, 15) is 0 Å². The number of imidazole rings is 1. The average molecular weight is 412 g/mol. The predicted molar refractivity (Wildman–Crippen MR) is 105 cm³/mol. The van der Waals surface area contributed by atoms with Crippen molar-refractivity contribution in [1.82, 2.24) is 14.5 Å². The molecule has 0 atom stereocenters. The van der Waals surface area contributed by atoms with Crippen LogP contribution in [0.2, 0.25) is 0 Å². The third-order valence-electron chi connectivity index (χ3n) is 4.04. The van der Waals surface area contributed by atoms with Crippen LogP contribution in [0.1, 0.15) is 5.56 Å². The number of hydrogen-bond donors (Lipinski definition) is 0. The van der Waals surface area contributed by atoms with E-state index >= 15 is 0 Å². The molecule has 0 radical (unpaired) electrons. The molecule has 132 valence electrons. The van der Waals surface area contributed by atoms with Gasteiger partial charge in [0, 0.05) is 22.8 Å². The van der Waals surface area contributed by atoms with Crippen molar-refractivity contribution in [3.63, 3.8) is 0 Å². The SMILES string of the molecule is COc1ccc(-c2nc3cc(Br)cn(Cc4ccccc4)c-3n2)cc1.O. The summed E-state index contributed by atoms with van der Waals surface area (Å²) in [6, 6.07) is 20.1. The Morgan fingerprint density at radius 2 is 1.73 bits per heavy atom. The Morgan fingerprint density at radius 3 is 2.42 bits per heavy atom. The lowest BCUT2D eigenvalue weighted by Crippen LogP contribution is -2.05. The summed E-state index contributed by atoms with van der Waals surface area (Å²) in [6.45, 7) is 0.748. The van der Waals surface area contributed by atoms with Crippen LogP contribution in [0.3, 0.4) is 0 Å². The van der Waals surface area contributed by atoms with Crippen molar-refractivity contribution >= 4 is 15.9 Å². The van der Waals surface area contributed by atoms with Crippen LogP contribution in [-0.2, 0) is 6.54 Å². The second-order valence-electron chi connectivity index (χ2n) is 5.76. The molecular weight excluding hydrogens is 394 g/mol. The van der Waals surface area contributed by atoms with Gasteiger partial charge in [-0.1, -0.05) is 30.3 Å². The lowest BCUT2D eigenvalue weighted by atomic mass is 10.2. The summed E-state index contributed by atoms with van der Waals surface area (Å²) in [4.78, 5) is 9.46. The van der Waals surface area contributed by atoms with Crippen LogP contribution in [0.25, 0.3) is 22.9 Å². The first-order valence-corrected chi connectivity index (χ1v) is 8.74. The van der Waals surface area contributed by atoms with Crippen LogP contribution in [0, 0.1) is 0 Å². The second-order valence-corrected chi connectivity index (χ2v) is 6.67. The standard InChI is InChI=1S/C20H16BrN3O.H2O/c1-25-17-9-7-15(8-10-17)19-22-18-11-16(21)13-24(20(18)23-19)12-14-5-3-2-4-6-14;/h2-11,13H,12H2,1H3;1H2. The number of nitrogens with zero attached hydrogens (tertiary/aromatic N) is 3. The third kappa shape index (κ3) is 3.61. The molecule has 26 heavy (non-hydrogen) atoms. The Bertz CT molecular complexity index is 968. The molecule has 0 spiro atoms. The van der Waals surface area contributed by atoms with E-state index in [1.807, 2.05) is 54.7 Å². The summed E-state index contributed by atoms with van der Waals surface area (Å²) in [5.74, 6) is 2.41. The van der Waals surface area contributed by atoms with Gasteiger partial charge in [-0.2, -0.15) is 0 Å². The summed E-state index contributed by atoms with van der Waals surface area (Å²) in [6.07, 6.45) is 2.04. The van der Waals surface area contributed by atoms with Gasteiger partial charge in [0.1, 0.15) is 11.4 Å². The van der Waals surface area contributed by atoms with Gasteiger partial charge in [-0.05, 0) is 51.8 Å². The maximum atomic E-state index is 5.21. The number of pyridine rings is 1. The van der Waals surface area contributed by atoms with Gasteiger partial charge in [0.2, 0.25) is 0 Å². The fourth-order valence-corrected chi connectivity index (χ4v) is 3.27. The zero-order valence-corrected chi connectivity index (χ0v) is 15.8. The molecule has 0 fully saturated rings. The molecule has 2 aliphatic heterocycles. The number of aromatic nitrogens is 3. The number of halogens is 1. The first-order chi connectivity index (χ1) is 12.2. The summed E-state index contributed by atoms with van der Waals surface area (Å²) >= 11 is 3.58. The summed E-state index contributed by atoms with van der Waals surface area (Å²) in [5.41, 5.74) is 3.07. The van der Waals surface area contributed by atoms with E-state index < -0.39 is 0 Å². The van der Waals surface area contributed by atoms with Crippen LogP contribution in [0.5, 0.6) is 5.75 Å². The molecular formula is C20H18BrN3O2. The highest BCUT2D eigenvalue weighted by Crippen LogP contribution is 2.29. The minimum Gasteiger partial charge on any atom is -0.497 e. The zero-order valence-electron chi connectivity index (χ0n) is 14.2. The highest BCUT2D eigenvalue weighted by Gasteiger charge is 2.17. The van der Waals surface area contributed by atoms with Gasteiger partial charge >= 0.3 is 0 Å². The Morgan fingerprint density at radius 1 is 1.00 bits per heavy atom. The molecule has 0 saturated heterocycles. The van der Waals surface area contributed by atoms with Crippen LogP contribution in [0.15, 0.2) is 71.3 Å². The fourth-order valence-electron chi connectivity index (χ4n) is 2.80. The van der Waals surface area contributed by atoms with E-state index in [2.05, 4.69) is 32.6 Å². The minimum absolute atomic E-state index is 0. The summed E-state index contributed by atoms with van der Waals surface area (Å²) in [5, 5.41) is 0. The number of fused-ring (bicyclic) bond motifs is 1. The van der Waals surface area contributed by atoms with Gasteiger partial charge in [0.25, 0.3) is 0 Å². The van der Waals surface area contributed by atoms with Crippen molar-refractivity contribution < 1.29 is 10.2 Å². The van der Waals surface area contributed by atoms with E-state index in [0.717, 1.165) is 39.7 Å². The first kappa shape index (κ1) is 18.1. The molecule has 4 rings (SSSR count). The van der Waals surface area contributed by atoms with E-state index in [1.165, 1.54) is 5.56 Å². The second kappa shape index (κ2) is 7.68. The quantitative estimate of drug-likeness (QED) is 0.508. The Balaban J connectivity index is 0.00000196. The molecule has 0 saturated carbocycles. The number of methoxy groups -OCH3 is 1. The smallest absolute Gasteiger partial charge is 0.162 e. The lowest BCUT2D eigenvalue weighted by Gasteiger charge is -2.11. The number of hydrogen-bond acceptors (Lipinski definition) is 3. The van der Waals surface area contributed by atoms with Crippen molar-refractivity contribution in [2.45, 2.75) is 6.54 Å². The number of benzene rings is 2. The molecule has 2 N–H and O–H groups in total. The maximum Gasteiger partial charge on any atom is 0.162 e. The van der Waals surface area contributed by atoms with Gasteiger partial charge in [-0.15, -0.1) is 0 Å². The average Bonchev–Trinajstić information content (AvgIpc) is 3.07. The van der Waals surface area contributed by atoms with Crippen molar-refractivity contribution in [3.05, 3.63) is 76.9 Å². The van der Waals surface area contributed by atoms with Crippen molar-refractivity contribution in [1.29, 1.82) is 0 Å². The molecule has 2 aromatic rings. The van der Waals surface area contributed by atoms with Gasteiger partial charge in [0.05, 0.1) is 7.11 Å². The van der Waals surface area contributed by atoms with E-state index in [1.54, 1.807) is 7.11 Å². The lowest BCUT2D eigenvalue weighted by molar-refractivity contribution is 0.415. The molecule has 0 aliphatic carbocycles. The predicted octanol–water partition coefficient (Wildman–Crippen LogP) is 4.04. The number of rotatable bonds is 4. The minimum atomic E-state index is 0. The monoisotopic (exact) mass is 411 g/mol.